The predicted molar refractivity (Wildman–Crippen MR) is 76.8 cm³/mol. The van der Waals surface area contributed by atoms with Gasteiger partial charge in [0.25, 0.3) is 5.91 Å². The van der Waals surface area contributed by atoms with Crippen molar-refractivity contribution in [2.24, 2.45) is 0 Å². The van der Waals surface area contributed by atoms with E-state index in [-0.39, 0.29) is 11.3 Å². The summed E-state index contributed by atoms with van der Waals surface area (Å²) in [6.45, 7) is 0.814. The molecular weight excluding hydrogens is 311 g/mol. The first-order valence-corrected chi connectivity index (χ1v) is 6.82. The van der Waals surface area contributed by atoms with Crippen LogP contribution in [0.4, 0.5) is 18.9 Å². The Hall–Kier alpha value is -2.70. The number of anilines is 1. The molecule has 0 atom stereocenters. The number of ether oxygens (including phenoxy) is 2. The average molecular weight is 323 g/mol. The fraction of sp³-hybridized carbons (Fsp3) is 0.188. The van der Waals surface area contributed by atoms with Gasteiger partial charge in [0.1, 0.15) is 13.2 Å². The van der Waals surface area contributed by atoms with E-state index in [2.05, 4.69) is 5.32 Å². The number of fused-ring (bicyclic) bond motifs is 1. The molecule has 2 aromatic carbocycles. The van der Waals surface area contributed by atoms with Crippen LogP contribution in [0.15, 0.2) is 42.5 Å². The number of nitrogens with one attached hydrogen (secondary N) is 1. The molecule has 1 aliphatic heterocycles. The first kappa shape index (κ1) is 15.2. The third-order valence-electron chi connectivity index (χ3n) is 3.25. The second kappa shape index (κ2) is 5.83. The minimum Gasteiger partial charge on any atom is -0.486 e. The van der Waals surface area contributed by atoms with Gasteiger partial charge in [-0.15, -0.1) is 0 Å². The molecule has 1 N–H and O–H groups in total. The van der Waals surface area contributed by atoms with E-state index in [0.29, 0.717) is 24.7 Å². The molecule has 0 unspecified atom stereocenters. The van der Waals surface area contributed by atoms with Crippen LogP contribution in [0.3, 0.4) is 0 Å². The van der Waals surface area contributed by atoms with Crippen molar-refractivity contribution in [3.8, 4) is 11.5 Å². The molecule has 0 saturated heterocycles. The van der Waals surface area contributed by atoms with Gasteiger partial charge in [-0.2, -0.15) is 13.2 Å². The Morgan fingerprint density at radius 2 is 1.74 bits per heavy atom. The second-order valence-electron chi connectivity index (χ2n) is 4.89. The molecule has 0 aliphatic carbocycles. The fourth-order valence-electron chi connectivity index (χ4n) is 2.16. The van der Waals surface area contributed by atoms with Crippen molar-refractivity contribution in [2.45, 2.75) is 6.18 Å². The van der Waals surface area contributed by atoms with Crippen molar-refractivity contribution >= 4 is 11.6 Å². The van der Waals surface area contributed by atoms with Gasteiger partial charge >= 0.3 is 6.18 Å². The summed E-state index contributed by atoms with van der Waals surface area (Å²) in [6, 6.07) is 9.08. The molecule has 7 heteroatoms. The summed E-state index contributed by atoms with van der Waals surface area (Å²) < 4.78 is 48.7. The SMILES string of the molecule is O=C(Nc1cccc(C(F)(F)F)c1)c1ccc2c(c1)OCCO2. The van der Waals surface area contributed by atoms with Crippen molar-refractivity contribution in [1.82, 2.24) is 0 Å². The lowest BCUT2D eigenvalue weighted by molar-refractivity contribution is -0.137. The van der Waals surface area contributed by atoms with Crippen LogP contribution >= 0.6 is 0 Å². The Morgan fingerprint density at radius 3 is 2.48 bits per heavy atom. The molecule has 120 valence electrons. The van der Waals surface area contributed by atoms with Gasteiger partial charge in [0.05, 0.1) is 5.56 Å². The van der Waals surface area contributed by atoms with Crippen LogP contribution in [0.1, 0.15) is 15.9 Å². The average Bonchev–Trinajstić information content (AvgIpc) is 2.54. The monoisotopic (exact) mass is 323 g/mol. The van der Waals surface area contributed by atoms with E-state index in [1.54, 1.807) is 6.07 Å². The lowest BCUT2D eigenvalue weighted by Crippen LogP contribution is -2.17. The van der Waals surface area contributed by atoms with E-state index in [0.717, 1.165) is 12.1 Å². The summed E-state index contributed by atoms with van der Waals surface area (Å²) in [7, 11) is 0. The van der Waals surface area contributed by atoms with E-state index in [1.165, 1.54) is 24.3 Å². The topological polar surface area (TPSA) is 47.6 Å². The van der Waals surface area contributed by atoms with Crippen LogP contribution in [0.25, 0.3) is 0 Å². The second-order valence-corrected chi connectivity index (χ2v) is 4.89. The molecule has 1 aliphatic rings. The minimum atomic E-state index is -4.46. The van der Waals surface area contributed by atoms with Gasteiger partial charge in [-0.1, -0.05) is 6.07 Å². The van der Waals surface area contributed by atoms with Crippen molar-refractivity contribution in [1.29, 1.82) is 0 Å². The first-order valence-electron chi connectivity index (χ1n) is 6.82. The van der Waals surface area contributed by atoms with Crippen LogP contribution in [0, 0.1) is 0 Å². The quantitative estimate of drug-likeness (QED) is 0.916. The fourth-order valence-corrected chi connectivity index (χ4v) is 2.16. The Labute approximate surface area is 129 Å². The molecule has 0 bridgehead atoms. The number of benzene rings is 2. The van der Waals surface area contributed by atoms with E-state index in [4.69, 9.17) is 9.47 Å². The van der Waals surface area contributed by atoms with E-state index in [9.17, 15) is 18.0 Å². The van der Waals surface area contributed by atoms with E-state index >= 15 is 0 Å². The summed E-state index contributed by atoms with van der Waals surface area (Å²) in [4.78, 5) is 12.2. The van der Waals surface area contributed by atoms with Crippen molar-refractivity contribution in [2.75, 3.05) is 18.5 Å². The highest BCUT2D eigenvalue weighted by Crippen LogP contribution is 2.32. The van der Waals surface area contributed by atoms with Crippen LogP contribution in [-0.2, 0) is 6.18 Å². The zero-order valence-corrected chi connectivity index (χ0v) is 11.8. The normalized spacial score (nSPS) is 13.5. The molecule has 0 aromatic heterocycles. The molecule has 1 heterocycles. The highest BCUT2D eigenvalue weighted by molar-refractivity contribution is 6.04. The summed E-state index contributed by atoms with van der Waals surface area (Å²) in [6.07, 6.45) is -4.46. The number of hydrogen-bond donors (Lipinski definition) is 1. The number of carbonyl (C=O) groups excluding carboxylic acids is 1. The first-order chi connectivity index (χ1) is 10.9. The number of rotatable bonds is 2. The van der Waals surface area contributed by atoms with E-state index in [1.807, 2.05) is 0 Å². The van der Waals surface area contributed by atoms with Gasteiger partial charge in [-0.25, -0.2) is 0 Å². The molecule has 3 rings (SSSR count). The van der Waals surface area contributed by atoms with Gasteiger partial charge in [-0.05, 0) is 36.4 Å². The maximum atomic E-state index is 12.7. The zero-order valence-electron chi connectivity index (χ0n) is 11.8. The Bertz CT molecular complexity index is 744. The Kier molecular flexibility index (Phi) is 3.85. The minimum absolute atomic E-state index is 0.0692. The van der Waals surface area contributed by atoms with Crippen molar-refractivity contribution in [3.63, 3.8) is 0 Å². The Morgan fingerprint density at radius 1 is 1.00 bits per heavy atom. The van der Waals surface area contributed by atoms with Crippen LogP contribution < -0.4 is 14.8 Å². The van der Waals surface area contributed by atoms with Crippen molar-refractivity contribution < 1.29 is 27.4 Å². The van der Waals surface area contributed by atoms with Gasteiger partial charge in [-0.3, -0.25) is 4.79 Å². The largest absolute Gasteiger partial charge is 0.486 e. The molecule has 0 radical (unpaired) electrons. The standard InChI is InChI=1S/C16H12F3NO3/c17-16(18,19)11-2-1-3-12(9-11)20-15(21)10-4-5-13-14(8-10)23-7-6-22-13/h1-5,8-9H,6-7H2,(H,20,21). The summed E-state index contributed by atoms with van der Waals surface area (Å²) in [5.41, 5.74) is -0.483. The van der Waals surface area contributed by atoms with Crippen LogP contribution in [0.2, 0.25) is 0 Å². The number of hydrogen-bond acceptors (Lipinski definition) is 3. The number of halogens is 3. The zero-order chi connectivity index (χ0) is 16.4. The summed E-state index contributed by atoms with van der Waals surface area (Å²) in [5, 5.41) is 2.44. The van der Waals surface area contributed by atoms with Gasteiger partial charge in [0.2, 0.25) is 0 Å². The molecule has 2 aromatic rings. The third kappa shape index (κ3) is 3.39. The molecule has 0 fully saturated rings. The van der Waals surface area contributed by atoms with Crippen LogP contribution in [-0.4, -0.2) is 19.1 Å². The molecule has 23 heavy (non-hydrogen) atoms. The molecular formula is C16H12F3NO3. The Balaban J connectivity index is 1.79. The van der Waals surface area contributed by atoms with Gasteiger partial charge in [0, 0.05) is 11.3 Å². The predicted octanol–water partition coefficient (Wildman–Crippen LogP) is 3.73. The smallest absolute Gasteiger partial charge is 0.416 e. The van der Waals surface area contributed by atoms with Gasteiger partial charge in [0.15, 0.2) is 11.5 Å². The lowest BCUT2D eigenvalue weighted by atomic mass is 10.1. The van der Waals surface area contributed by atoms with Crippen LogP contribution in [0.5, 0.6) is 11.5 Å². The summed E-state index contributed by atoms with van der Waals surface area (Å²) in [5.74, 6) is 0.445. The number of alkyl halides is 3. The number of carbonyl (C=O) groups is 1. The van der Waals surface area contributed by atoms with E-state index < -0.39 is 17.6 Å². The molecule has 0 spiro atoms. The summed E-state index contributed by atoms with van der Waals surface area (Å²) >= 11 is 0. The third-order valence-corrected chi connectivity index (χ3v) is 3.25. The number of amides is 1. The van der Waals surface area contributed by atoms with Gasteiger partial charge < -0.3 is 14.8 Å². The molecule has 0 saturated carbocycles. The highest BCUT2D eigenvalue weighted by atomic mass is 19.4. The molecule has 4 nitrogen and oxygen atoms in total. The maximum absolute atomic E-state index is 12.7. The maximum Gasteiger partial charge on any atom is 0.416 e. The molecule has 1 amide bonds. The van der Waals surface area contributed by atoms with Crippen molar-refractivity contribution in [3.05, 3.63) is 53.6 Å². The lowest BCUT2D eigenvalue weighted by Gasteiger charge is -2.18. The highest BCUT2D eigenvalue weighted by Gasteiger charge is 2.30.